The fourth-order valence-electron chi connectivity index (χ4n) is 3.30. The number of amides is 1. The summed E-state index contributed by atoms with van der Waals surface area (Å²) in [7, 11) is 0. The Kier molecular flexibility index (Phi) is 4.39. The molecule has 2 heterocycles. The standard InChI is InChI=1S/C16H23N3O2/c1-2-21-16(20)19-10-7-13(8-11-19)18-14-6-5-12-4-3-9-17-15(12)14/h3-4,9,13-14,18H,2,5-8,10-11H2,1H3. The minimum atomic E-state index is -0.177. The molecular formula is C16H23N3O2. The van der Waals surface area contributed by atoms with Crippen LogP contribution in [0.1, 0.15) is 43.5 Å². The molecule has 1 unspecified atom stereocenters. The van der Waals surface area contributed by atoms with E-state index in [1.54, 1.807) is 0 Å². The molecule has 21 heavy (non-hydrogen) atoms. The van der Waals surface area contributed by atoms with Gasteiger partial charge in [0, 0.05) is 25.3 Å². The molecule has 1 saturated heterocycles. The molecule has 2 aliphatic rings. The van der Waals surface area contributed by atoms with Crippen LogP contribution in [-0.2, 0) is 11.2 Å². The van der Waals surface area contributed by atoms with Crippen molar-refractivity contribution in [2.45, 2.75) is 44.7 Å². The predicted molar refractivity (Wildman–Crippen MR) is 80.1 cm³/mol. The smallest absolute Gasteiger partial charge is 0.409 e. The molecule has 1 atom stereocenters. The molecule has 5 heteroatoms. The summed E-state index contributed by atoms with van der Waals surface area (Å²) in [5, 5.41) is 3.72. The summed E-state index contributed by atoms with van der Waals surface area (Å²) in [5.41, 5.74) is 2.59. The molecule has 114 valence electrons. The van der Waals surface area contributed by atoms with Gasteiger partial charge in [0.1, 0.15) is 0 Å². The Morgan fingerprint density at radius 1 is 1.43 bits per heavy atom. The molecule has 0 bridgehead atoms. The molecule has 1 amide bonds. The number of nitrogens with one attached hydrogen (secondary N) is 1. The lowest BCUT2D eigenvalue weighted by atomic mass is 10.0. The van der Waals surface area contributed by atoms with Crippen molar-refractivity contribution < 1.29 is 9.53 Å². The number of rotatable bonds is 3. The second kappa shape index (κ2) is 6.43. The van der Waals surface area contributed by atoms with E-state index in [2.05, 4.69) is 16.4 Å². The van der Waals surface area contributed by atoms with Crippen molar-refractivity contribution in [2.75, 3.05) is 19.7 Å². The monoisotopic (exact) mass is 289 g/mol. The summed E-state index contributed by atoms with van der Waals surface area (Å²) in [4.78, 5) is 18.0. The first-order valence-corrected chi connectivity index (χ1v) is 7.89. The minimum Gasteiger partial charge on any atom is -0.450 e. The van der Waals surface area contributed by atoms with Crippen LogP contribution in [0.4, 0.5) is 4.79 Å². The van der Waals surface area contributed by atoms with E-state index in [4.69, 9.17) is 4.74 Å². The normalized spacial score (nSPS) is 22.1. The third kappa shape index (κ3) is 3.18. The van der Waals surface area contributed by atoms with E-state index >= 15 is 0 Å². The molecule has 1 aromatic rings. The lowest BCUT2D eigenvalue weighted by molar-refractivity contribution is 0.0941. The topological polar surface area (TPSA) is 54.5 Å². The average Bonchev–Trinajstić information content (AvgIpc) is 2.92. The molecule has 1 aliphatic carbocycles. The number of aryl methyl sites for hydroxylation is 1. The molecule has 0 aromatic carbocycles. The zero-order valence-corrected chi connectivity index (χ0v) is 12.5. The summed E-state index contributed by atoms with van der Waals surface area (Å²) in [6, 6.07) is 5.03. The summed E-state index contributed by atoms with van der Waals surface area (Å²) >= 11 is 0. The van der Waals surface area contributed by atoms with Gasteiger partial charge in [0.25, 0.3) is 0 Å². The number of hydrogen-bond acceptors (Lipinski definition) is 4. The number of likely N-dealkylation sites (tertiary alicyclic amines) is 1. The van der Waals surface area contributed by atoms with Gasteiger partial charge in [-0.25, -0.2) is 4.79 Å². The van der Waals surface area contributed by atoms with Crippen molar-refractivity contribution in [1.29, 1.82) is 0 Å². The molecule has 1 N–H and O–H groups in total. The second-order valence-electron chi connectivity index (χ2n) is 5.77. The van der Waals surface area contributed by atoms with Crippen LogP contribution in [0.3, 0.4) is 0 Å². The third-order valence-corrected chi connectivity index (χ3v) is 4.42. The van der Waals surface area contributed by atoms with Gasteiger partial charge >= 0.3 is 6.09 Å². The predicted octanol–water partition coefficient (Wildman–Crippen LogP) is 2.28. The number of carbonyl (C=O) groups excluding carboxylic acids is 1. The SMILES string of the molecule is CCOC(=O)N1CCC(NC2CCc3cccnc32)CC1. The van der Waals surface area contributed by atoms with Crippen molar-refractivity contribution in [1.82, 2.24) is 15.2 Å². The number of pyridine rings is 1. The fraction of sp³-hybridized carbons (Fsp3) is 0.625. The van der Waals surface area contributed by atoms with Crippen molar-refractivity contribution in [3.8, 4) is 0 Å². The van der Waals surface area contributed by atoms with Gasteiger partial charge in [-0.2, -0.15) is 0 Å². The Bertz CT molecular complexity index is 498. The first-order chi connectivity index (χ1) is 10.3. The van der Waals surface area contributed by atoms with Gasteiger partial charge in [-0.05, 0) is 44.2 Å². The van der Waals surface area contributed by atoms with Crippen LogP contribution >= 0.6 is 0 Å². The summed E-state index contributed by atoms with van der Waals surface area (Å²) in [6.07, 6.45) is 5.91. The van der Waals surface area contributed by atoms with Gasteiger partial charge in [0.2, 0.25) is 0 Å². The number of hydrogen-bond donors (Lipinski definition) is 1. The van der Waals surface area contributed by atoms with E-state index in [9.17, 15) is 4.79 Å². The Morgan fingerprint density at radius 3 is 3.00 bits per heavy atom. The van der Waals surface area contributed by atoms with E-state index in [1.807, 2.05) is 24.1 Å². The van der Waals surface area contributed by atoms with Crippen LogP contribution in [0, 0.1) is 0 Å². The maximum Gasteiger partial charge on any atom is 0.409 e. The van der Waals surface area contributed by atoms with E-state index < -0.39 is 0 Å². The van der Waals surface area contributed by atoms with Crippen LogP contribution in [0.15, 0.2) is 18.3 Å². The molecular weight excluding hydrogens is 266 g/mol. The van der Waals surface area contributed by atoms with Gasteiger partial charge in [-0.3, -0.25) is 4.98 Å². The lowest BCUT2D eigenvalue weighted by Crippen LogP contribution is -2.45. The largest absolute Gasteiger partial charge is 0.450 e. The van der Waals surface area contributed by atoms with E-state index in [0.29, 0.717) is 18.7 Å². The minimum absolute atomic E-state index is 0.177. The van der Waals surface area contributed by atoms with Gasteiger partial charge in [0.15, 0.2) is 0 Å². The highest BCUT2D eigenvalue weighted by Gasteiger charge is 2.29. The Hall–Kier alpha value is -1.62. The summed E-state index contributed by atoms with van der Waals surface area (Å²) < 4.78 is 5.05. The number of aromatic nitrogens is 1. The molecule has 1 aromatic heterocycles. The second-order valence-corrected chi connectivity index (χ2v) is 5.77. The van der Waals surface area contributed by atoms with Crippen LogP contribution in [0.25, 0.3) is 0 Å². The van der Waals surface area contributed by atoms with Crippen LogP contribution in [0.5, 0.6) is 0 Å². The number of carbonyl (C=O) groups is 1. The van der Waals surface area contributed by atoms with Crippen molar-refractivity contribution in [3.05, 3.63) is 29.6 Å². The summed E-state index contributed by atoms with van der Waals surface area (Å²) in [6.45, 7) is 3.84. The quantitative estimate of drug-likeness (QED) is 0.927. The number of nitrogens with zero attached hydrogens (tertiary/aromatic N) is 2. The maximum atomic E-state index is 11.7. The third-order valence-electron chi connectivity index (χ3n) is 4.42. The first-order valence-electron chi connectivity index (χ1n) is 7.89. The van der Waals surface area contributed by atoms with Gasteiger partial charge in [-0.1, -0.05) is 6.07 Å². The first kappa shape index (κ1) is 14.3. The number of fused-ring (bicyclic) bond motifs is 1. The van der Waals surface area contributed by atoms with Crippen LogP contribution < -0.4 is 5.32 Å². The molecule has 0 spiro atoms. The van der Waals surface area contributed by atoms with Gasteiger partial charge < -0.3 is 15.0 Å². The van der Waals surface area contributed by atoms with E-state index in [1.165, 1.54) is 11.3 Å². The Labute approximate surface area is 125 Å². The molecule has 3 rings (SSSR count). The highest BCUT2D eigenvalue weighted by molar-refractivity contribution is 5.67. The van der Waals surface area contributed by atoms with Gasteiger partial charge in [-0.15, -0.1) is 0 Å². The van der Waals surface area contributed by atoms with Gasteiger partial charge in [0.05, 0.1) is 18.3 Å². The zero-order chi connectivity index (χ0) is 14.7. The van der Waals surface area contributed by atoms with Crippen molar-refractivity contribution in [3.63, 3.8) is 0 Å². The average molecular weight is 289 g/mol. The molecule has 0 radical (unpaired) electrons. The number of piperidine rings is 1. The van der Waals surface area contributed by atoms with E-state index in [0.717, 1.165) is 38.8 Å². The highest BCUT2D eigenvalue weighted by Crippen LogP contribution is 2.30. The molecule has 1 aliphatic heterocycles. The zero-order valence-electron chi connectivity index (χ0n) is 12.5. The summed E-state index contributed by atoms with van der Waals surface area (Å²) in [5.74, 6) is 0. The van der Waals surface area contributed by atoms with Crippen molar-refractivity contribution >= 4 is 6.09 Å². The Balaban J connectivity index is 1.51. The Morgan fingerprint density at radius 2 is 2.24 bits per heavy atom. The molecule has 1 fully saturated rings. The van der Waals surface area contributed by atoms with Crippen molar-refractivity contribution in [2.24, 2.45) is 0 Å². The molecule has 5 nitrogen and oxygen atoms in total. The molecule has 0 saturated carbocycles. The van der Waals surface area contributed by atoms with Crippen LogP contribution in [-0.4, -0.2) is 41.7 Å². The highest BCUT2D eigenvalue weighted by atomic mass is 16.6. The van der Waals surface area contributed by atoms with E-state index in [-0.39, 0.29) is 6.09 Å². The fourth-order valence-corrected chi connectivity index (χ4v) is 3.30. The maximum absolute atomic E-state index is 11.7. The number of ether oxygens (including phenoxy) is 1. The lowest BCUT2D eigenvalue weighted by Gasteiger charge is -2.33. The van der Waals surface area contributed by atoms with Crippen LogP contribution in [0.2, 0.25) is 0 Å².